The van der Waals surface area contributed by atoms with Crippen LogP contribution in [0.4, 0.5) is 5.69 Å². The van der Waals surface area contributed by atoms with Crippen LogP contribution in [0.25, 0.3) is 0 Å². The van der Waals surface area contributed by atoms with Crippen LogP contribution >= 0.6 is 0 Å². The highest BCUT2D eigenvalue weighted by atomic mass is 16.3. The van der Waals surface area contributed by atoms with Gasteiger partial charge in [-0.2, -0.15) is 0 Å². The maximum Gasteiger partial charge on any atom is 0.313 e. The number of benzene rings is 1. The van der Waals surface area contributed by atoms with Crippen molar-refractivity contribution in [2.75, 3.05) is 11.9 Å². The molecular formula is C18H26N2O3. The molecular weight excluding hydrogens is 292 g/mol. The fourth-order valence-electron chi connectivity index (χ4n) is 3.17. The van der Waals surface area contributed by atoms with Crippen molar-refractivity contribution in [3.63, 3.8) is 0 Å². The highest BCUT2D eigenvalue weighted by Gasteiger charge is 2.27. The summed E-state index contributed by atoms with van der Waals surface area (Å²) < 4.78 is 0. The van der Waals surface area contributed by atoms with Crippen LogP contribution in [0.5, 0.6) is 0 Å². The molecule has 1 saturated carbocycles. The van der Waals surface area contributed by atoms with Gasteiger partial charge in [0.1, 0.15) is 0 Å². The molecule has 1 aliphatic rings. The zero-order valence-electron chi connectivity index (χ0n) is 13.9. The lowest BCUT2D eigenvalue weighted by atomic mass is 9.85. The van der Waals surface area contributed by atoms with Crippen molar-refractivity contribution in [2.24, 2.45) is 5.92 Å². The molecule has 2 amide bonds. The van der Waals surface area contributed by atoms with Gasteiger partial charge in [0.15, 0.2) is 0 Å². The number of nitrogens with one attached hydrogen (secondary N) is 2. The summed E-state index contributed by atoms with van der Waals surface area (Å²) in [6.45, 7) is 4.12. The van der Waals surface area contributed by atoms with Gasteiger partial charge in [-0.15, -0.1) is 0 Å². The van der Waals surface area contributed by atoms with Gasteiger partial charge in [-0.25, -0.2) is 0 Å². The first kappa shape index (κ1) is 17.5. The van der Waals surface area contributed by atoms with Crippen LogP contribution in [0.2, 0.25) is 0 Å². The zero-order chi connectivity index (χ0) is 16.8. The SMILES string of the molecule is CCc1cc(NC(=O)C(=O)NC2CCCCC2CO)ccc1C. The molecule has 1 aliphatic carbocycles. The minimum atomic E-state index is -0.654. The Morgan fingerprint density at radius 3 is 2.65 bits per heavy atom. The van der Waals surface area contributed by atoms with Gasteiger partial charge in [-0.1, -0.05) is 25.8 Å². The van der Waals surface area contributed by atoms with E-state index in [1.54, 1.807) is 6.07 Å². The van der Waals surface area contributed by atoms with E-state index in [0.717, 1.165) is 37.7 Å². The van der Waals surface area contributed by atoms with Gasteiger partial charge < -0.3 is 15.7 Å². The second kappa shape index (κ2) is 8.11. The van der Waals surface area contributed by atoms with Gasteiger partial charge >= 0.3 is 11.8 Å². The van der Waals surface area contributed by atoms with Crippen LogP contribution in [-0.2, 0) is 16.0 Å². The van der Waals surface area contributed by atoms with E-state index in [0.29, 0.717) is 5.69 Å². The van der Waals surface area contributed by atoms with Crippen LogP contribution in [0.1, 0.15) is 43.7 Å². The Kier molecular flexibility index (Phi) is 6.16. The maximum absolute atomic E-state index is 12.1. The molecule has 2 atom stereocenters. The molecule has 0 bridgehead atoms. The first-order chi connectivity index (χ1) is 11.0. The van der Waals surface area contributed by atoms with Crippen molar-refractivity contribution in [2.45, 2.75) is 52.0 Å². The molecule has 1 fully saturated rings. The van der Waals surface area contributed by atoms with Gasteiger partial charge in [-0.3, -0.25) is 9.59 Å². The number of rotatable bonds is 4. The lowest BCUT2D eigenvalue weighted by Gasteiger charge is -2.30. The van der Waals surface area contributed by atoms with E-state index in [-0.39, 0.29) is 18.6 Å². The summed E-state index contributed by atoms with van der Waals surface area (Å²) in [4.78, 5) is 24.2. The van der Waals surface area contributed by atoms with Crippen molar-refractivity contribution in [1.82, 2.24) is 5.32 Å². The number of amides is 2. The second-order valence-corrected chi connectivity index (χ2v) is 6.26. The molecule has 5 heteroatoms. The Morgan fingerprint density at radius 1 is 1.22 bits per heavy atom. The number of aryl methyl sites for hydroxylation is 2. The first-order valence-electron chi connectivity index (χ1n) is 8.37. The van der Waals surface area contributed by atoms with E-state index >= 15 is 0 Å². The van der Waals surface area contributed by atoms with E-state index in [4.69, 9.17) is 0 Å². The molecule has 5 nitrogen and oxygen atoms in total. The predicted octanol–water partition coefficient (Wildman–Crippen LogP) is 2.16. The summed E-state index contributed by atoms with van der Waals surface area (Å²) in [5, 5.41) is 14.8. The summed E-state index contributed by atoms with van der Waals surface area (Å²) in [6, 6.07) is 5.53. The second-order valence-electron chi connectivity index (χ2n) is 6.26. The van der Waals surface area contributed by atoms with Crippen molar-refractivity contribution < 1.29 is 14.7 Å². The molecule has 0 aromatic heterocycles. The van der Waals surface area contributed by atoms with Gasteiger partial charge in [-0.05, 0) is 49.4 Å². The van der Waals surface area contributed by atoms with Crippen molar-refractivity contribution in [1.29, 1.82) is 0 Å². The monoisotopic (exact) mass is 318 g/mol. The van der Waals surface area contributed by atoms with E-state index in [1.165, 1.54) is 5.56 Å². The number of hydrogen-bond donors (Lipinski definition) is 3. The lowest BCUT2D eigenvalue weighted by molar-refractivity contribution is -0.137. The topological polar surface area (TPSA) is 78.4 Å². The largest absolute Gasteiger partial charge is 0.396 e. The molecule has 2 rings (SSSR count). The van der Waals surface area contributed by atoms with Crippen LogP contribution < -0.4 is 10.6 Å². The number of aliphatic hydroxyl groups excluding tert-OH is 1. The molecule has 0 heterocycles. The summed E-state index contributed by atoms with van der Waals surface area (Å²) in [5.74, 6) is -1.24. The summed E-state index contributed by atoms with van der Waals surface area (Å²) >= 11 is 0. The van der Waals surface area contributed by atoms with Crippen LogP contribution in [-0.4, -0.2) is 29.6 Å². The normalized spacial score (nSPS) is 20.8. The number of hydrogen-bond acceptors (Lipinski definition) is 3. The predicted molar refractivity (Wildman–Crippen MR) is 90.2 cm³/mol. The molecule has 23 heavy (non-hydrogen) atoms. The molecule has 0 aliphatic heterocycles. The Bertz CT molecular complexity index is 571. The Hall–Kier alpha value is -1.88. The summed E-state index contributed by atoms with van der Waals surface area (Å²) in [6.07, 6.45) is 4.66. The lowest BCUT2D eigenvalue weighted by Crippen LogP contribution is -2.47. The van der Waals surface area contributed by atoms with Gasteiger partial charge in [0, 0.05) is 24.3 Å². The van der Waals surface area contributed by atoms with Crippen LogP contribution in [0.3, 0.4) is 0 Å². The fourth-order valence-corrected chi connectivity index (χ4v) is 3.17. The minimum Gasteiger partial charge on any atom is -0.396 e. The number of aliphatic hydroxyl groups is 1. The Labute approximate surface area is 137 Å². The van der Waals surface area contributed by atoms with Crippen LogP contribution in [0.15, 0.2) is 18.2 Å². The Balaban J connectivity index is 1.95. The maximum atomic E-state index is 12.1. The van der Waals surface area contributed by atoms with E-state index in [2.05, 4.69) is 17.6 Å². The van der Waals surface area contributed by atoms with Crippen molar-refractivity contribution in [3.05, 3.63) is 29.3 Å². The molecule has 0 radical (unpaired) electrons. The fraction of sp³-hybridized carbons (Fsp3) is 0.556. The molecule has 0 spiro atoms. The molecule has 1 aromatic carbocycles. The minimum absolute atomic E-state index is 0.0460. The Morgan fingerprint density at radius 2 is 1.96 bits per heavy atom. The average molecular weight is 318 g/mol. The zero-order valence-corrected chi connectivity index (χ0v) is 13.9. The number of carbonyl (C=O) groups is 2. The number of carbonyl (C=O) groups excluding carboxylic acids is 2. The van der Waals surface area contributed by atoms with E-state index < -0.39 is 11.8 Å². The highest BCUT2D eigenvalue weighted by Crippen LogP contribution is 2.24. The standard InChI is InChI=1S/C18H26N2O3/c1-3-13-10-15(9-8-12(13)2)19-17(22)18(23)20-16-7-5-4-6-14(16)11-21/h8-10,14,16,21H,3-7,11H2,1-2H3,(H,19,22)(H,20,23). The van der Waals surface area contributed by atoms with E-state index in [9.17, 15) is 14.7 Å². The number of anilines is 1. The average Bonchev–Trinajstić information content (AvgIpc) is 2.56. The van der Waals surface area contributed by atoms with Gasteiger partial charge in [0.25, 0.3) is 0 Å². The first-order valence-corrected chi connectivity index (χ1v) is 8.37. The molecule has 126 valence electrons. The van der Waals surface area contributed by atoms with Gasteiger partial charge in [0.05, 0.1) is 0 Å². The van der Waals surface area contributed by atoms with Crippen molar-refractivity contribution in [3.8, 4) is 0 Å². The summed E-state index contributed by atoms with van der Waals surface area (Å²) in [7, 11) is 0. The summed E-state index contributed by atoms with van der Waals surface area (Å²) in [5.41, 5.74) is 2.95. The quantitative estimate of drug-likeness (QED) is 0.744. The molecule has 1 aromatic rings. The van der Waals surface area contributed by atoms with Crippen molar-refractivity contribution >= 4 is 17.5 Å². The molecule has 3 N–H and O–H groups in total. The third-order valence-electron chi connectivity index (χ3n) is 4.65. The third-order valence-corrected chi connectivity index (χ3v) is 4.65. The molecule has 2 unspecified atom stereocenters. The highest BCUT2D eigenvalue weighted by molar-refractivity contribution is 6.39. The smallest absolute Gasteiger partial charge is 0.313 e. The van der Waals surface area contributed by atoms with Crippen LogP contribution in [0, 0.1) is 12.8 Å². The third kappa shape index (κ3) is 4.55. The van der Waals surface area contributed by atoms with Gasteiger partial charge in [0.2, 0.25) is 0 Å². The molecule has 0 saturated heterocycles. The van der Waals surface area contributed by atoms with E-state index in [1.807, 2.05) is 19.1 Å².